The fourth-order valence-electron chi connectivity index (χ4n) is 0.644. The highest BCUT2D eigenvalue weighted by Crippen LogP contribution is 2.58. The molecular formula is C6Cl5F9O. The van der Waals surface area contributed by atoms with Gasteiger partial charge in [0.05, 0.1) is 0 Å². The van der Waals surface area contributed by atoms with Gasteiger partial charge < -0.3 is 0 Å². The van der Waals surface area contributed by atoms with Crippen LogP contribution in [0.5, 0.6) is 0 Å². The van der Waals surface area contributed by atoms with Crippen LogP contribution in [0.25, 0.3) is 0 Å². The lowest BCUT2D eigenvalue weighted by molar-refractivity contribution is -0.414. The minimum Gasteiger partial charge on any atom is -0.259 e. The van der Waals surface area contributed by atoms with Crippen molar-refractivity contribution in [2.75, 3.05) is 0 Å². The lowest BCUT2D eigenvalue weighted by Crippen LogP contribution is -2.62. The van der Waals surface area contributed by atoms with Crippen LogP contribution in [0, 0.1) is 0 Å². The van der Waals surface area contributed by atoms with E-state index in [9.17, 15) is 39.5 Å². The average Bonchev–Trinajstić information content (AvgIpc) is 2.11. The number of hydrogen-bond acceptors (Lipinski definition) is 1. The van der Waals surface area contributed by atoms with Gasteiger partial charge in [-0.2, -0.15) is 35.1 Å². The Labute approximate surface area is 135 Å². The molecule has 1 nitrogen and oxygen atoms in total. The molecule has 21 heavy (non-hydrogen) atoms. The Bertz CT molecular complexity index is 387. The molecular weight excluding hydrogens is 436 g/mol. The van der Waals surface area contributed by atoms with Crippen LogP contribution in [-0.4, -0.2) is 32.4 Å². The first-order valence-electron chi connectivity index (χ1n) is 4.05. The Balaban J connectivity index is 5.71. The van der Waals surface area contributed by atoms with Gasteiger partial charge in [-0.3, -0.25) is 4.74 Å². The highest BCUT2D eigenvalue weighted by molar-refractivity contribution is 6.51. The zero-order valence-corrected chi connectivity index (χ0v) is 12.5. The van der Waals surface area contributed by atoms with Crippen molar-refractivity contribution in [3.63, 3.8) is 0 Å². The van der Waals surface area contributed by atoms with Crippen molar-refractivity contribution in [2.45, 2.75) is 32.4 Å². The Kier molecular flexibility index (Phi) is 5.91. The predicted octanol–water partition coefficient (Wildman–Crippen LogP) is 5.93. The minimum atomic E-state index is -6.70. The third-order valence-electron chi connectivity index (χ3n) is 1.70. The molecule has 0 bridgehead atoms. The standard InChI is InChI=1S/C6Cl5F9O/c7-1(12,4(10,16)17)2(13,14)6(19,20)21-5(11,18)3(8,9)15. The van der Waals surface area contributed by atoms with E-state index < -0.39 is 32.4 Å². The van der Waals surface area contributed by atoms with Crippen LogP contribution < -0.4 is 0 Å². The Morgan fingerprint density at radius 3 is 1.19 bits per heavy atom. The molecule has 0 N–H and O–H groups in total. The van der Waals surface area contributed by atoms with Gasteiger partial charge in [-0.25, -0.2) is 4.39 Å². The summed E-state index contributed by atoms with van der Waals surface area (Å²) in [7, 11) is 0. The van der Waals surface area contributed by atoms with Crippen molar-refractivity contribution < 1.29 is 44.3 Å². The van der Waals surface area contributed by atoms with Gasteiger partial charge in [-0.1, -0.05) is 34.8 Å². The molecule has 0 amide bonds. The van der Waals surface area contributed by atoms with E-state index in [1.54, 1.807) is 0 Å². The van der Waals surface area contributed by atoms with Gasteiger partial charge >= 0.3 is 32.4 Å². The smallest absolute Gasteiger partial charge is 0.259 e. The summed E-state index contributed by atoms with van der Waals surface area (Å²) < 4.78 is 113. The summed E-state index contributed by atoms with van der Waals surface area (Å²) in [5, 5.41) is -16.8. The second-order valence-electron chi connectivity index (χ2n) is 3.28. The molecule has 2 atom stereocenters. The first kappa shape index (κ1) is 21.8. The second-order valence-corrected chi connectivity index (χ2v) is 6.00. The van der Waals surface area contributed by atoms with Crippen molar-refractivity contribution >= 4 is 58.0 Å². The molecule has 0 rings (SSSR count). The van der Waals surface area contributed by atoms with E-state index >= 15 is 0 Å². The molecule has 0 aromatic heterocycles. The lowest BCUT2D eigenvalue weighted by Gasteiger charge is -2.37. The zero-order valence-electron chi connectivity index (χ0n) is 8.70. The van der Waals surface area contributed by atoms with E-state index in [0.717, 1.165) is 0 Å². The number of halogens is 14. The van der Waals surface area contributed by atoms with Crippen molar-refractivity contribution in [1.82, 2.24) is 0 Å². The molecule has 0 aliphatic carbocycles. The van der Waals surface area contributed by atoms with Gasteiger partial charge in [0.25, 0.3) is 0 Å². The summed E-state index contributed by atoms with van der Waals surface area (Å²) in [6.07, 6.45) is -6.54. The monoisotopic (exact) mass is 434 g/mol. The van der Waals surface area contributed by atoms with E-state index in [1.165, 1.54) is 0 Å². The van der Waals surface area contributed by atoms with Crippen LogP contribution in [0.2, 0.25) is 0 Å². The van der Waals surface area contributed by atoms with Crippen molar-refractivity contribution in [3.05, 3.63) is 0 Å². The summed E-state index contributed by atoms with van der Waals surface area (Å²) in [5.74, 6) is -6.70. The lowest BCUT2D eigenvalue weighted by atomic mass is 10.2. The molecule has 0 saturated carbocycles. The number of ether oxygens (including phenoxy) is 1. The van der Waals surface area contributed by atoms with Crippen LogP contribution in [-0.2, 0) is 4.74 Å². The quantitative estimate of drug-likeness (QED) is 0.371. The molecule has 0 aliphatic rings. The summed E-state index contributed by atoms with van der Waals surface area (Å²) in [6.45, 7) is 0. The van der Waals surface area contributed by atoms with Crippen LogP contribution in [0.4, 0.5) is 39.5 Å². The molecule has 0 radical (unpaired) electrons. The van der Waals surface area contributed by atoms with Crippen LogP contribution in [0.15, 0.2) is 0 Å². The zero-order chi connectivity index (χ0) is 17.7. The SMILES string of the molecule is FC(F)(Cl)C(F)(Cl)C(F)(F)C(F)(F)OC(F)(Cl)C(F)(Cl)Cl. The highest BCUT2D eigenvalue weighted by atomic mass is 35.5. The van der Waals surface area contributed by atoms with E-state index in [2.05, 4.69) is 62.7 Å². The first-order valence-corrected chi connectivity index (χ1v) is 5.94. The summed E-state index contributed by atoms with van der Waals surface area (Å²) >= 11 is 20.5. The maximum atomic E-state index is 13.0. The Morgan fingerprint density at radius 1 is 0.619 bits per heavy atom. The molecule has 0 aromatic carbocycles. The topological polar surface area (TPSA) is 9.23 Å². The molecule has 0 saturated heterocycles. The third kappa shape index (κ3) is 4.00. The van der Waals surface area contributed by atoms with E-state index in [4.69, 9.17) is 0 Å². The molecule has 0 fully saturated rings. The molecule has 0 aromatic rings. The van der Waals surface area contributed by atoms with Gasteiger partial charge in [-0.15, -0.1) is 0 Å². The van der Waals surface area contributed by atoms with Gasteiger partial charge in [0.15, 0.2) is 0 Å². The highest BCUT2D eigenvalue weighted by Gasteiger charge is 2.81. The second kappa shape index (κ2) is 5.70. The van der Waals surface area contributed by atoms with Crippen molar-refractivity contribution in [3.8, 4) is 0 Å². The first-order chi connectivity index (χ1) is 8.71. The molecule has 0 heterocycles. The van der Waals surface area contributed by atoms with Crippen LogP contribution >= 0.6 is 58.0 Å². The summed E-state index contributed by atoms with van der Waals surface area (Å²) in [4.78, 5) is 0. The van der Waals surface area contributed by atoms with Gasteiger partial charge in [0, 0.05) is 0 Å². The molecule has 15 heteroatoms. The van der Waals surface area contributed by atoms with E-state index in [0.29, 0.717) is 0 Å². The van der Waals surface area contributed by atoms with Gasteiger partial charge in [-0.05, 0) is 23.2 Å². The maximum Gasteiger partial charge on any atom is 0.428 e. The van der Waals surface area contributed by atoms with Crippen LogP contribution in [0.3, 0.4) is 0 Å². The molecule has 0 spiro atoms. The number of alkyl halides is 14. The molecule has 2 unspecified atom stereocenters. The number of rotatable bonds is 6. The van der Waals surface area contributed by atoms with Crippen LogP contribution in [0.1, 0.15) is 0 Å². The summed E-state index contributed by atoms with van der Waals surface area (Å²) in [5.41, 5.74) is 0. The minimum absolute atomic E-state index is 2.40. The fraction of sp³-hybridized carbons (Fsp3) is 1.00. The Morgan fingerprint density at radius 2 is 0.952 bits per heavy atom. The van der Waals surface area contributed by atoms with Gasteiger partial charge in [0.2, 0.25) is 0 Å². The Hall–Kier alpha value is 0.780. The van der Waals surface area contributed by atoms with E-state index in [1.807, 2.05) is 0 Å². The number of hydrogen-bond donors (Lipinski definition) is 0. The largest absolute Gasteiger partial charge is 0.428 e. The summed E-state index contributed by atoms with van der Waals surface area (Å²) in [6, 6.07) is 0. The molecule has 0 aliphatic heterocycles. The molecule has 128 valence electrons. The predicted molar refractivity (Wildman–Crippen MR) is 56.7 cm³/mol. The normalized spacial score (nSPS) is 20.9. The average molecular weight is 436 g/mol. The van der Waals surface area contributed by atoms with Gasteiger partial charge in [0.1, 0.15) is 0 Å². The van der Waals surface area contributed by atoms with Crippen molar-refractivity contribution in [2.24, 2.45) is 0 Å². The maximum absolute atomic E-state index is 13.0. The third-order valence-corrected chi connectivity index (χ3v) is 3.55. The van der Waals surface area contributed by atoms with E-state index in [-0.39, 0.29) is 0 Å². The fourth-order valence-corrected chi connectivity index (χ4v) is 1.05. The van der Waals surface area contributed by atoms with Crippen molar-refractivity contribution in [1.29, 1.82) is 0 Å².